The lowest BCUT2D eigenvalue weighted by Crippen LogP contribution is -2.41. The molecule has 4 N–H and O–H groups in total. The molecule has 12 rings (SSSR count). The molecule has 616 valence electrons. The van der Waals surface area contributed by atoms with Crippen molar-refractivity contribution in [3.63, 3.8) is 0 Å². The van der Waals surface area contributed by atoms with Crippen LogP contribution < -0.4 is 36.8 Å². The van der Waals surface area contributed by atoms with Crippen LogP contribution in [0.15, 0.2) is 127 Å². The van der Waals surface area contributed by atoms with Crippen LogP contribution in [0.5, 0.6) is 0 Å². The summed E-state index contributed by atoms with van der Waals surface area (Å²) in [6.45, 7) is 20.0. The number of ether oxygens (including phenoxy) is 6. The fourth-order valence-corrected chi connectivity index (χ4v) is 13.6. The van der Waals surface area contributed by atoms with E-state index in [2.05, 4.69) is 37.7 Å². The highest BCUT2D eigenvalue weighted by molar-refractivity contribution is 6.33. The molecule has 0 spiro atoms. The number of carbonyl (C=O) groups excluding carboxylic acids is 6. The number of likely N-dealkylation sites (N-methyl/N-ethyl adjacent to an activating group) is 1. The molecular weight excluding hydrogens is 1550 g/mol. The van der Waals surface area contributed by atoms with Crippen LogP contribution in [0.1, 0.15) is 119 Å². The minimum absolute atomic E-state index is 0.0332. The molecule has 0 saturated heterocycles. The fraction of sp³-hybridized carbons (Fsp3) is 0.381. The third-order valence-corrected chi connectivity index (χ3v) is 19.4. The second-order valence-corrected chi connectivity index (χ2v) is 29.1. The molecule has 0 saturated carbocycles. The number of benzene rings is 6. The quantitative estimate of drug-likeness (QED) is 0.0173. The van der Waals surface area contributed by atoms with Crippen LogP contribution in [0.2, 0.25) is 15.1 Å². The van der Waals surface area contributed by atoms with Crippen molar-refractivity contribution in [2.24, 2.45) is 14.1 Å². The van der Waals surface area contributed by atoms with Crippen molar-refractivity contribution < 1.29 is 70.4 Å². The van der Waals surface area contributed by atoms with Crippen molar-refractivity contribution >= 4 is 159 Å². The molecule has 12 aromatic rings. The average Bonchev–Trinajstić information content (AvgIpc) is 1.57. The van der Waals surface area contributed by atoms with Gasteiger partial charge in [-0.2, -0.15) is 4.98 Å². The zero-order valence-corrected chi connectivity index (χ0v) is 69.9. The van der Waals surface area contributed by atoms with E-state index in [1.165, 1.54) is 20.8 Å². The van der Waals surface area contributed by atoms with Crippen LogP contribution in [0.3, 0.4) is 0 Å². The summed E-state index contributed by atoms with van der Waals surface area (Å²) in [7, 11) is 10.4. The van der Waals surface area contributed by atoms with Gasteiger partial charge in [0.1, 0.15) is 63.1 Å². The highest BCUT2D eigenvalue weighted by Gasteiger charge is 2.34. The van der Waals surface area contributed by atoms with E-state index in [4.69, 9.17) is 86.4 Å². The van der Waals surface area contributed by atoms with Crippen LogP contribution in [-0.4, -0.2) is 176 Å². The second kappa shape index (κ2) is 40.1. The molecule has 0 aliphatic heterocycles. The first kappa shape index (κ1) is 87.5. The zero-order chi connectivity index (χ0) is 83.7. The number of nitrogens with zero attached hydrogens (tertiary/aromatic N) is 9. The highest BCUT2D eigenvalue weighted by Crippen LogP contribution is 2.42. The molecule has 0 atom stereocenters. The minimum Gasteiger partial charge on any atom is -0.452 e. The smallest absolute Gasteiger partial charge is 0.414 e. The lowest BCUT2D eigenvalue weighted by molar-refractivity contribution is -0.117. The molecule has 6 heterocycles. The Balaban J connectivity index is 0.000000185. The molecular formula is C84H98Cl3N13O16. The summed E-state index contributed by atoms with van der Waals surface area (Å²) < 4.78 is 55.6. The van der Waals surface area contributed by atoms with Gasteiger partial charge < -0.3 is 72.1 Å². The first-order valence-corrected chi connectivity index (χ1v) is 39.3. The number of aryl methyl sites for hydroxylation is 3. The summed E-state index contributed by atoms with van der Waals surface area (Å²) in [6.07, 6.45) is -0.190. The number of hydrogen-bond donors (Lipinski definition) is 4. The SMILES string of the molecule is CCNCc1nc2cc(-c3nc(=O)n(CCCOC)c4c3oc3ccc(Cl)cc34)ccc2n1C.CCNCc1nc2cc(C(=O)c3oc4ccc(Cl)cc4c3N(CCCOC)C(=O)OCC)ccc2n1C.CCOC(=O)N(CCCOC)c1c(C(=O)c2ccc(NC)c(NC(=O)CN(CC)C(=O)OC(C)(C)C)c2)oc2ccc(Cl)cc12. The molecule has 32 heteroatoms. The number of anilines is 4. The highest BCUT2D eigenvalue weighted by atomic mass is 35.5. The van der Waals surface area contributed by atoms with Gasteiger partial charge in [0.2, 0.25) is 17.5 Å². The predicted octanol–water partition coefficient (Wildman–Crippen LogP) is 16.4. The average molecular weight is 1650 g/mol. The van der Waals surface area contributed by atoms with Gasteiger partial charge in [0.15, 0.2) is 17.1 Å². The number of rotatable bonds is 32. The van der Waals surface area contributed by atoms with E-state index in [9.17, 15) is 33.6 Å². The van der Waals surface area contributed by atoms with Gasteiger partial charge in [0.25, 0.3) is 0 Å². The molecule has 0 unspecified atom stereocenters. The van der Waals surface area contributed by atoms with E-state index in [-0.39, 0.29) is 73.6 Å². The number of hydrogen-bond acceptors (Lipinski definition) is 22. The van der Waals surface area contributed by atoms with Gasteiger partial charge in [-0.3, -0.25) is 33.7 Å². The predicted molar refractivity (Wildman–Crippen MR) is 452 cm³/mol. The van der Waals surface area contributed by atoms with E-state index in [1.807, 2.05) is 62.0 Å². The largest absolute Gasteiger partial charge is 0.452 e. The number of amides is 4. The van der Waals surface area contributed by atoms with Crippen molar-refractivity contribution in [2.45, 2.75) is 99.9 Å². The third-order valence-electron chi connectivity index (χ3n) is 18.7. The van der Waals surface area contributed by atoms with E-state index in [0.717, 1.165) is 52.2 Å². The Bertz CT molecular complexity index is 5600. The van der Waals surface area contributed by atoms with E-state index in [1.54, 1.807) is 141 Å². The van der Waals surface area contributed by atoms with Crippen LogP contribution in [0.25, 0.3) is 77.3 Å². The molecule has 29 nitrogen and oxygen atoms in total. The lowest BCUT2D eigenvalue weighted by atomic mass is 10.0. The van der Waals surface area contributed by atoms with Gasteiger partial charge in [-0.1, -0.05) is 54.7 Å². The number of nitrogens with one attached hydrogen (secondary N) is 4. The minimum atomic E-state index is -0.720. The summed E-state index contributed by atoms with van der Waals surface area (Å²) in [5, 5.41) is 15.6. The first-order valence-electron chi connectivity index (χ1n) is 38.2. The number of aromatic nitrogens is 6. The number of methoxy groups -OCH3 is 3. The number of furan rings is 3. The maximum Gasteiger partial charge on any atom is 0.414 e. The van der Waals surface area contributed by atoms with Crippen molar-refractivity contribution in [1.82, 2.24) is 44.2 Å². The van der Waals surface area contributed by atoms with Crippen molar-refractivity contribution in [3.05, 3.63) is 169 Å². The lowest BCUT2D eigenvalue weighted by Gasteiger charge is -2.26. The van der Waals surface area contributed by atoms with Crippen molar-refractivity contribution in [1.29, 1.82) is 0 Å². The second-order valence-electron chi connectivity index (χ2n) is 27.7. The Morgan fingerprint density at radius 3 is 1.53 bits per heavy atom. The Hall–Kier alpha value is -10.9. The first-order chi connectivity index (χ1) is 55.7. The van der Waals surface area contributed by atoms with Gasteiger partial charge in [-0.25, -0.2) is 29.1 Å². The normalized spacial score (nSPS) is 11.5. The number of fused-ring (bicyclic) bond motifs is 7. The van der Waals surface area contributed by atoms with Crippen LogP contribution in [0.4, 0.5) is 37.1 Å². The number of imidazole rings is 2. The molecule has 6 aromatic heterocycles. The molecule has 116 heavy (non-hydrogen) atoms. The fourth-order valence-electron chi connectivity index (χ4n) is 13.1. The van der Waals surface area contributed by atoms with Gasteiger partial charge in [0, 0.05) is 136 Å². The molecule has 4 amide bonds. The number of ketones is 2. The van der Waals surface area contributed by atoms with E-state index in [0.29, 0.717) is 146 Å². The molecule has 0 aliphatic carbocycles. The topological polar surface area (TPSA) is 326 Å². The summed E-state index contributed by atoms with van der Waals surface area (Å²) in [5.41, 5.74) is 8.31. The number of halogens is 3. The number of carbonyl (C=O) groups is 6. The van der Waals surface area contributed by atoms with Gasteiger partial charge in [-0.05, 0) is 177 Å². The Kier molecular flexibility index (Phi) is 30.3. The van der Waals surface area contributed by atoms with Crippen LogP contribution in [0, 0.1) is 0 Å². The van der Waals surface area contributed by atoms with Crippen LogP contribution >= 0.6 is 34.8 Å². The van der Waals surface area contributed by atoms with Gasteiger partial charge in [-0.15, -0.1) is 0 Å². The van der Waals surface area contributed by atoms with Crippen molar-refractivity contribution in [2.75, 3.05) is 121 Å². The standard InChI is InChI=1S/C32H41ClN4O8.C27H31ClN4O5.C25H26ClN5O3/c1-8-36(30(40)45-32(3,4)5)19-26(38)35-24-17-20(11-13-23(24)34-6)28(39)29-27(22-18-21(33)12-14-25(22)44-29)37(15-10-16-42-7)31(41)43-9-2;1-5-29-16-23-30-20-14-17(8-10-21(20)31(23)3)25(33)26-24(19-15-18(28)9-11-22(19)37-26)32(12-7-13-35-4)27(34)36-6-2;1-4-27-14-21-28-18-12-15(6-8-19(18)30(21)2)22-24-23(17-13-16(26)7-9-20(17)34-24)31(25(32)29-22)10-5-11-33-3/h11-14,17-18,34H,8-10,15-16,19H2,1-7H3,(H,35,38);8-11,14-15,29H,5-7,12-13,16H2,1-4H3;6-9,12-13,27H,4-5,10-11,14H2,1-3H3. The summed E-state index contributed by atoms with van der Waals surface area (Å²) >= 11 is 18.9. The van der Waals surface area contributed by atoms with Gasteiger partial charge >= 0.3 is 24.0 Å². The molecule has 0 aliphatic rings. The summed E-state index contributed by atoms with van der Waals surface area (Å²) in [6, 6.07) is 31.3. The Morgan fingerprint density at radius 1 is 0.552 bits per heavy atom. The maximum absolute atomic E-state index is 14.1. The van der Waals surface area contributed by atoms with Crippen LogP contribution in [-0.2, 0) is 66.9 Å². The Morgan fingerprint density at radius 2 is 1.03 bits per heavy atom. The Labute approximate surface area is 685 Å². The van der Waals surface area contributed by atoms with E-state index < -0.39 is 35.6 Å². The molecule has 0 radical (unpaired) electrons. The third kappa shape index (κ3) is 20.5. The van der Waals surface area contributed by atoms with E-state index >= 15 is 0 Å². The maximum atomic E-state index is 14.1. The van der Waals surface area contributed by atoms with Gasteiger partial charge in [0.05, 0.1) is 59.7 Å². The summed E-state index contributed by atoms with van der Waals surface area (Å²) in [5.74, 6) is 0.338. The zero-order valence-electron chi connectivity index (χ0n) is 67.6. The van der Waals surface area contributed by atoms with Crippen molar-refractivity contribution in [3.8, 4) is 11.3 Å². The molecule has 0 bridgehead atoms. The summed E-state index contributed by atoms with van der Waals surface area (Å²) in [4.78, 5) is 111. The monoisotopic (exact) mass is 1650 g/mol. The molecule has 0 fully saturated rings. The molecule has 6 aromatic carbocycles.